The van der Waals surface area contributed by atoms with Crippen LogP contribution in [0.2, 0.25) is 0 Å². The third-order valence-corrected chi connectivity index (χ3v) is 6.09. The number of nitrogens with one attached hydrogen (secondary N) is 1. The lowest BCUT2D eigenvalue weighted by Gasteiger charge is -2.21. The van der Waals surface area contributed by atoms with Crippen LogP contribution in [0, 0.1) is 5.92 Å². The molecule has 1 aromatic rings. The van der Waals surface area contributed by atoms with Gasteiger partial charge in [-0.25, -0.2) is 13.1 Å². The molecule has 1 aliphatic heterocycles. The monoisotopic (exact) mass is 376 g/mol. The van der Waals surface area contributed by atoms with Crippen LogP contribution < -0.4 is 19.9 Å². The van der Waals surface area contributed by atoms with Gasteiger partial charge in [-0.1, -0.05) is 0 Å². The van der Waals surface area contributed by atoms with E-state index in [0.29, 0.717) is 41.6 Å². The molecule has 0 bridgehead atoms. The molecular weight excluding hydrogens is 360 g/mol. The Hall–Kier alpha value is -0.830. The van der Waals surface area contributed by atoms with Crippen molar-refractivity contribution in [3.05, 3.63) is 16.6 Å². The van der Waals surface area contributed by atoms with Crippen LogP contribution in [0.5, 0.6) is 11.5 Å². The number of nitrogens with two attached hydrogens (primary N) is 1. The largest absolute Gasteiger partial charge is 0.486 e. The SMILES string of the molecule is NCC(NS(=O)(=O)c1cc2c(cc1Br)OCCO2)C1CC1. The van der Waals surface area contributed by atoms with Crippen molar-refractivity contribution in [2.75, 3.05) is 19.8 Å². The molecule has 1 fully saturated rings. The lowest BCUT2D eigenvalue weighted by Crippen LogP contribution is -2.41. The summed E-state index contributed by atoms with van der Waals surface area (Å²) in [5.41, 5.74) is 5.66. The van der Waals surface area contributed by atoms with Crippen molar-refractivity contribution in [1.82, 2.24) is 4.72 Å². The first-order valence-electron chi connectivity index (χ1n) is 6.83. The molecule has 0 radical (unpaired) electrons. The summed E-state index contributed by atoms with van der Waals surface area (Å²) in [6.45, 7) is 1.17. The predicted molar refractivity (Wildman–Crippen MR) is 81.0 cm³/mol. The molecule has 6 nitrogen and oxygen atoms in total. The summed E-state index contributed by atoms with van der Waals surface area (Å²) in [5.74, 6) is 1.34. The number of rotatable bonds is 5. The second-order valence-electron chi connectivity index (χ2n) is 5.23. The molecule has 8 heteroatoms. The highest BCUT2D eigenvalue weighted by molar-refractivity contribution is 9.10. The predicted octanol–water partition coefficient (Wildman–Crippen LogP) is 1.24. The molecule has 0 saturated heterocycles. The average molecular weight is 377 g/mol. The summed E-state index contributed by atoms with van der Waals surface area (Å²) in [7, 11) is -3.65. The van der Waals surface area contributed by atoms with Gasteiger partial charge in [-0.05, 0) is 40.8 Å². The van der Waals surface area contributed by atoms with Gasteiger partial charge in [0.2, 0.25) is 10.0 Å². The van der Waals surface area contributed by atoms with E-state index in [-0.39, 0.29) is 10.9 Å². The van der Waals surface area contributed by atoms with Gasteiger partial charge in [0.1, 0.15) is 18.1 Å². The molecule has 0 amide bonds. The number of fused-ring (bicyclic) bond motifs is 1. The quantitative estimate of drug-likeness (QED) is 0.806. The Morgan fingerprint density at radius 3 is 2.48 bits per heavy atom. The molecule has 21 heavy (non-hydrogen) atoms. The second-order valence-corrected chi connectivity index (χ2v) is 7.76. The summed E-state index contributed by atoms with van der Waals surface area (Å²) < 4.78 is 39.1. The first kappa shape index (κ1) is 15.1. The molecule has 1 atom stereocenters. The lowest BCUT2D eigenvalue weighted by molar-refractivity contribution is 0.171. The van der Waals surface area contributed by atoms with Gasteiger partial charge < -0.3 is 15.2 Å². The molecule has 3 N–H and O–H groups in total. The molecule has 1 aliphatic carbocycles. The fourth-order valence-electron chi connectivity index (χ4n) is 2.35. The van der Waals surface area contributed by atoms with Crippen LogP contribution >= 0.6 is 15.9 Å². The summed E-state index contributed by atoms with van der Waals surface area (Å²) in [6, 6.07) is 2.90. The fraction of sp³-hybridized carbons (Fsp3) is 0.538. The standard InChI is InChI=1S/C13H17BrN2O4S/c14-9-5-11-12(20-4-3-19-11)6-13(9)21(17,18)16-10(7-15)8-1-2-8/h5-6,8,10,16H,1-4,7,15H2. The molecular formula is C13H17BrN2O4S. The second kappa shape index (κ2) is 5.75. The molecule has 0 spiro atoms. The zero-order valence-corrected chi connectivity index (χ0v) is 13.7. The van der Waals surface area contributed by atoms with Crippen LogP contribution in [0.1, 0.15) is 12.8 Å². The third-order valence-electron chi connectivity index (χ3n) is 3.64. The molecule has 1 saturated carbocycles. The van der Waals surface area contributed by atoms with Gasteiger partial charge in [0.05, 0.1) is 0 Å². The molecule has 1 heterocycles. The van der Waals surface area contributed by atoms with Gasteiger partial charge in [0.25, 0.3) is 0 Å². The lowest BCUT2D eigenvalue weighted by atomic mass is 10.2. The van der Waals surface area contributed by atoms with Gasteiger partial charge in [-0.2, -0.15) is 0 Å². The molecule has 3 rings (SSSR count). The van der Waals surface area contributed by atoms with Gasteiger partial charge >= 0.3 is 0 Å². The van der Waals surface area contributed by atoms with Crippen LogP contribution in [-0.2, 0) is 10.0 Å². The highest BCUT2D eigenvalue weighted by Crippen LogP contribution is 2.38. The Morgan fingerprint density at radius 1 is 1.29 bits per heavy atom. The Labute approximate surface area is 132 Å². The summed E-state index contributed by atoms with van der Waals surface area (Å²) in [6.07, 6.45) is 2.04. The van der Waals surface area contributed by atoms with Crippen LogP contribution in [0.15, 0.2) is 21.5 Å². The van der Waals surface area contributed by atoms with Gasteiger partial charge in [-0.15, -0.1) is 0 Å². The summed E-state index contributed by atoms with van der Waals surface area (Å²) in [4.78, 5) is 0.144. The van der Waals surface area contributed by atoms with E-state index in [4.69, 9.17) is 15.2 Å². The van der Waals surface area contributed by atoms with Crippen LogP contribution in [0.3, 0.4) is 0 Å². The van der Waals surface area contributed by atoms with E-state index in [1.165, 1.54) is 6.07 Å². The fourth-order valence-corrected chi connectivity index (χ4v) is 4.70. The zero-order valence-electron chi connectivity index (χ0n) is 11.3. The number of ether oxygens (including phenoxy) is 2. The maximum absolute atomic E-state index is 12.5. The van der Waals surface area contributed by atoms with E-state index in [1.807, 2.05) is 0 Å². The average Bonchev–Trinajstić information content (AvgIpc) is 3.28. The van der Waals surface area contributed by atoms with Crippen molar-refractivity contribution in [3.63, 3.8) is 0 Å². The number of hydrogen-bond donors (Lipinski definition) is 2. The topological polar surface area (TPSA) is 90.7 Å². The van der Waals surface area contributed by atoms with E-state index >= 15 is 0 Å². The Balaban J connectivity index is 1.90. The highest BCUT2D eigenvalue weighted by Gasteiger charge is 2.34. The number of benzene rings is 1. The summed E-state index contributed by atoms with van der Waals surface area (Å²) >= 11 is 3.29. The van der Waals surface area contributed by atoms with Crippen LogP contribution in [0.25, 0.3) is 0 Å². The minimum Gasteiger partial charge on any atom is -0.486 e. The molecule has 0 aromatic heterocycles. The maximum Gasteiger partial charge on any atom is 0.242 e. The van der Waals surface area contributed by atoms with Crippen molar-refractivity contribution < 1.29 is 17.9 Å². The van der Waals surface area contributed by atoms with Crippen molar-refractivity contribution in [2.24, 2.45) is 11.7 Å². The number of hydrogen-bond acceptors (Lipinski definition) is 5. The van der Waals surface area contributed by atoms with Gasteiger partial charge in [0.15, 0.2) is 11.5 Å². The first-order valence-corrected chi connectivity index (χ1v) is 9.10. The molecule has 116 valence electrons. The van der Waals surface area contributed by atoms with Crippen molar-refractivity contribution in [2.45, 2.75) is 23.8 Å². The van der Waals surface area contributed by atoms with Gasteiger partial charge in [0, 0.05) is 23.1 Å². The van der Waals surface area contributed by atoms with E-state index in [9.17, 15) is 8.42 Å². The molecule has 1 unspecified atom stereocenters. The minimum absolute atomic E-state index is 0.144. The van der Waals surface area contributed by atoms with E-state index in [2.05, 4.69) is 20.7 Å². The minimum atomic E-state index is -3.65. The molecule has 1 aromatic carbocycles. The van der Waals surface area contributed by atoms with E-state index in [1.54, 1.807) is 6.07 Å². The Kier molecular flexibility index (Phi) is 4.13. The number of halogens is 1. The van der Waals surface area contributed by atoms with Crippen LogP contribution in [0.4, 0.5) is 0 Å². The Bertz CT molecular complexity index is 646. The zero-order chi connectivity index (χ0) is 15.0. The smallest absolute Gasteiger partial charge is 0.242 e. The normalized spacial score (nSPS) is 19.3. The van der Waals surface area contributed by atoms with Crippen molar-refractivity contribution in [1.29, 1.82) is 0 Å². The Morgan fingerprint density at radius 2 is 1.90 bits per heavy atom. The summed E-state index contributed by atoms with van der Waals surface area (Å²) in [5, 5.41) is 0. The van der Waals surface area contributed by atoms with Crippen LogP contribution in [-0.4, -0.2) is 34.2 Å². The maximum atomic E-state index is 12.5. The highest BCUT2D eigenvalue weighted by atomic mass is 79.9. The number of sulfonamides is 1. The van der Waals surface area contributed by atoms with Gasteiger partial charge in [-0.3, -0.25) is 0 Å². The third kappa shape index (κ3) is 3.18. The first-order chi connectivity index (χ1) is 10.0. The van der Waals surface area contributed by atoms with Crippen molar-refractivity contribution >= 4 is 26.0 Å². The van der Waals surface area contributed by atoms with E-state index in [0.717, 1.165) is 12.8 Å². The van der Waals surface area contributed by atoms with Crippen molar-refractivity contribution in [3.8, 4) is 11.5 Å². The molecule has 2 aliphatic rings. The van der Waals surface area contributed by atoms with E-state index < -0.39 is 10.0 Å².